The topological polar surface area (TPSA) is 44.1 Å². The van der Waals surface area contributed by atoms with E-state index in [4.69, 9.17) is 4.74 Å². The molecule has 0 fully saturated rings. The van der Waals surface area contributed by atoms with Gasteiger partial charge in [-0.05, 0) is 37.6 Å². The Labute approximate surface area is 128 Å². The number of esters is 1. The van der Waals surface area contributed by atoms with Crippen LogP contribution in [0.1, 0.15) is 35.0 Å². The molecule has 0 spiro atoms. The zero-order chi connectivity index (χ0) is 15.6. The van der Waals surface area contributed by atoms with E-state index in [0.717, 1.165) is 20.9 Å². The predicted octanol–water partition coefficient (Wildman–Crippen LogP) is 4.06. The lowest BCUT2D eigenvalue weighted by Crippen LogP contribution is -2.10. The lowest BCUT2D eigenvalue weighted by atomic mass is 10.2. The van der Waals surface area contributed by atoms with E-state index >= 15 is 0 Å². The molecule has 0 radical (unpaired) electrons. The third-order valence-corrected chi connectivity index (χ3v) is 3.39. The number of rotatable bonds is 4. The van der Waals surface area contributed by atoms with Crippen molar-refractivity contribution in [1.82, 2.24) is 9.78 Å². The smallest absolute Gasteiger partial charge is 0.341 e. The second kappa shape index (κ2) is 6.34. The van der Waals surface area contributed by atoms with E-state index in [1.54, 1.807) is 32.0 Å². The number of halogens is 3. The summed E-state index contributed by atoms with van der Waals surface area (Å²) >= 11 is 3.31. The van der Waals surface area contributed by atoms with Crippen LogP contribution in [-0.2, 0) is 4.74 Å². The van der Waals surface area contributed by atoms with Crippen LogP contribution in [-0.4, -0.2) is 22.4 Å². The van der Waals surface area contributed by atoms with Crippen molar-refractivity contribution in [3.63, 3.8) is 0 Å². The summed E-state index contributed by atoms with van der Waals surface area (Å²) in [5.41, 5.74) is 0.571. The van der Waals surface area contributed by atoms with Gasteiger partial charge in [0.05, 0.1) is 18.5 Å². The maximum absolute atomic E-state index is 13.3. The van der Waals surface area contributed by atoms with Crippen molar-refractivity contribution >= 4 is 21.9 Å². The largest absolute Gasteiger partial charge is 0.462 e. The van der Waals surface area contributed by atoms with Gasteiger partial charge in [0.2, 0.25) is 0 Å². The molecule has 4 nitrogen and oxygen atoms in total. The van der Waals surface area contributed by atoms with Crippen molar-refractivity contribution < 1.29 is 18.3 Å². The summed E-state index contributed by atoms with van der Waals surface area (Å²) in [6.07, 6.45) is -1.73. The van der Waals surface area contributed by atoms with Crippen molar-refractivity contribution in [1.29, 1.82) is 0 Å². The molecular formula is C14H13BrF2N2O2. The van der Waals surface area contributed by atoms with Crippen LogP contribution in [0.3, 0.4) is 0 Å². The lowest BCUT2D eigenvalue weighted by Gasteiger charge is -2.11. The molecule has 0 aliphatic rings. The molecule has 0 atom stereocenters. The SMILES string of the molecule is CCOC(=O)c1cnn(-c2ccc(Br)cc2C)c1C(F)F. The number of hydrogen-bond acceptors (Lipinski definition) is 3. The van der Waals surface area contributed by atoms with E-state index in [9.17, 15) is 13.6 Å². The van der Waals surface area contributed by atoms with Gasteiger partial charge in [0, 0.05) is 4.47 Å². The van der Waals surface area contributed by atoms with Gasteiger partial charge in [0.1, 0.15) is 11.3 Å². The summed E-state index contributed by atoms with van der Waals surface area (Å²) in [5, 5.41) is 3.92. The Morgan fingerprint density at radius 3 is 2.76 bits per heavy atom. The number of carbonyl (C=O) groups excluding carboxylic acids is 1. The fourth-order valence-corrected chi connectivity index (χ4v) is 2.46. The maximum atomic E-state index is 13.3. The molecule has 7 heteroatoms. The van der Waals surface area contributed by atoms with Crippen molar-refractivity contribution in [2.45, 2.75) is 20.3 Å². The van der Waals surface area contributed by atoms with Crippen LogP contribution in [0.5, 0.6) is 0 Å². The minimum atomic E-state index is -2.84. The quantitative estimate of drug-likeness (QED) is 0.774. The second-order valence-corrected chi connectivity index (χ2v) is 5.22. The molecule has 0 bridgehead atoms. The Hall–Kier alpha value is -1.76. The molecular weight excluding hydrogens is 346 g/mol. The second-order valence-electron chi connectivity index (χ2n) is 4.31. The van der Waals surface area contributed by atoms with Gasteiger partial charge in [-0.25, -0.2) is 18.3 Å². The van der Waals surface area contributed by atoms with Crippen LogP contribution in [0, 0.1) is 6.92 Å². The number of aryl methyl sites for hydroxylation is 1. The number of ether oxygens (including phenoxy) is 1. The van der Waals surface area contributed by atoms with Crippen molar-refractivity contribution in [2.75, 3.05) is 6.61 Å². The van der Waals surface area contributed by atoms with E-state index in [2.05, 4.69) is 21.0 Å². The lowest BCUT2D eigenvalue weighted by molar-refractivity contribution is 0.0514. The first kappa shape index (κ1) is 15.6. The van der Waals surface area contributed by atoms with Gasteiger partial charge in [-0.2, -0.15) is 5.10 Å². The van der Waals surface area contributed by atoms with Crippen LogP contribution < -0.4 is 0 Å². The minimum absolute atomic E-state index is 0.115. The molecule has 1 heterocycles. The Morgan fingerprint density at radius 1 is 1.48 bits per heavy atom. The highest BCUT2D eigenvalue weighted by molar-refractivity contribution is 9.10. The molecule has 0 saturated heterocycles. The molecule has 2 rings (SSSR count). The van der Waals surface area contributed by atoms with Crippen LogP contribution in [0.25, 0.3) is 5.69 Å². The molecule has 2 aromatic rings. The maximum Gasteiger partial charge on any atom is 0.341 e. The summed E-state index contributed by atoms with van der Waals surface area (Å²) in [7, 11) is 0. The van der Waals surface area contributed by atoms with Crippen LogP contribution in [0.2, 0.25) is 0 Å². The minimum Gasteiger partial charge on any atom is -0.462 e. The van der Waals surface area contributed by atoms with Gasteiger partial charge < -0.3 is 4.74 Å². The fourth-order valence-electron chi connectivity index (χ4n) is 1.98. The Kier molecular flexibility index (Phi) is 4.72. The zero-order valence-electron chi connectivity index (χ0n) is 11.4. The third-order valence-electron chi connectivity index (χ3n) is 2.90. The average molecular weight is 359 g/mol. The highest BCUT2D eigenvalue weighted by atomic mass is 79.9. The van der Waals surface area contributed by atoms with Gasteiger partial charge >= 0.3 is 5.97 Å². The first-order valence-electron chi connectivity index (χ1n) is 6.25. The molecule has 0 aliphatic carbocycles. The summed E-state index contributed by atoms with van der Waals surface area (Å²) in [6.45, 7) is 3.51. The summed E-state index contributed by atoms with van der Waals surface area (Å²) in [6, 6.07) is 5.17. The number of nitrogens with zero attached hydrogens (tertiary/aromatic N) is 2. The molecule has 0 saturated carbocycles. The number of benzene rings is 1. The Morgan fingerprint density at radius 2 is 2.19 bits per heavy atom. The number of aromatic nitrogens is 2. The van der Waals surface area contributed by atoms with E-state index in [1.165, 1.54) is 0 Å². The van der Waals surface area contributed by atoms with Crippen molar-refractivity contribution in [2.24, 2.45) is 0 Å². The zero-order valence-corrected chi connectivity index (χ0v) is 13.0. The third kappa shape index (κ3) is 3.12. The predicted molar refractivity (Wildman–Crippen MR) is 76.9 cm³/mol. The molecule has 1 aromatic heterocycles. The molecule has 112 valence electrons. The normalized spacial score (nSPS) is 11.0. The highest BCUT2D eigenvalue weighted by Gasteiger charge is 2.26. The van der Waals surface area contributed by atoms with Crippen LogP contribution >= 0.6 is 15.9 Å². The van der Waals surface area contributed by atoms with E-state index in [-0.39, 0.29) is 12.2 Å². The van der Waals surface area contributed by atoms with Crippen molar-refractivity contribution in [3.05, 3.63) is 45.7 Å². The molecule has 0 amide bonds. The summed E-state index contributed by atoms with van der Waals surface area (Å²) in [5.74, 6) is -0.797. The molecule has 0 unspecified atom stereocenters. The summed E-state index contributed by atoms with van der Waals surface area (Å²) in [4.78, 5) is 11.7. The van der Waals surface area contributed by atoms with E-state index < -0.39 is 18.1 Å². The van der Waals surface area contributed by atoms with Gasteiger partial charge in [-0.1, -0.05) is 15.9 Å². The molecule has 0 aliphatic heterocycles. The Balaban J connectivity index is 2.57. The van der Waals surface area contributed by atoms with Crippen molar-refractivity contribution in [3.8, 4) is 5.69 Å². The number of alkyl halides is 2. The van der Waals surface area contributed by atoms with Gasteiger partial charge in [0.25, 0.3) is 6.43 Å². The van der Waals surface area contributed by atoms with E-state index in [0.29, 0.717) is 5.69 Å². The highest BCUT2D eigenvalue weighted by Crippen LogP contribution is 2.28. The van der Waals surface area contributed by atoms with Gasteiger partial charge in [-0.3, -0.25) is 0 Å². The average Bonchev–Trinajstić information content (AvgIpc) is 2.83. The molecule has 21 heavy (non-hydrogen) atoms. The van der Waals surface area contributed by atoms with Crippen LogP contribution in [0.15, 0.2) is 28.9 Å². The summed E-state index contributed by atoms with van der Waals surface area (Å²) < 4.78 is 33.4. The van der Waals surface area contributed by atoms with Gasteiger partial charge in [-0.15, -0.1) is 0 Å². The number of hydrogen-bond donors (Lipinski definition) is 0. The van der Waals surface area contributed by atoms with Crippen LogP contribution in [0.4, 0.5) is 8.78 Å². The first-order chi connectivity index (χ1) is 9.95. The fraction of sp³-hybridized carbons (Fsp3) is 0.286. The monoisotopic (exact) mass is 358 g/mol. The molecule has 0 N–H and O–H groups in total. The standard InChI is InChI=1S/C14H13BrF2N2O2/c1-3-21-14(20)10-7-18-19(12(10)13(16)17)11-5-4-9(15)6-8(11)2/h4-7,13H,3H2,1-2H3. The first-order valence-corrected chi connectivity index (χ1v) is 7.04. The molecule has 1 aromatic carbocycles. The Bertz CT molecular complexity index is 671. The van der Waals surface area contributed by atoms with Gasteiger partial charge in [0.15, 0.2) is 0 Å². The van der Waals surface area contributed by atoms with E-state index in [1.807, 2.05) is 0 Å². The number of carbonyl (C=O) groups is 1.